The molecule has 0 saturated heterocycles. The molecule has 0 aliphatic heterocycles. The van der Waals surface area contributed by atoms with Gasteiger partial charge in [-0.1, -0.05) is 0 Å². The molecule has 0 aliphatic rings. The fourth-order valence-corrected chi connectivity index (χ4v) is 4.02. The summed E-state index contributed by atoms with van der Waals surface area (Å²) in [7, 11) is -1.71. The number of aryl methyl sites for hydroxylation is 1. The molecule has 0 aromatic carbocycles. The van der Waals surface area contributed by atoms with Gasteiger partial charge in [-0.05, 0) is 37.7 Å². The molecular weight excluding hydrogens is 282 g/mol. The third-order valence-corrected chi connectivity index (χ3v) is 5.48. The van der Waals surface area contributed by atoms with Crippen molar-refractivity contribution in [1.29, 1.82) is 0 Å². The Morgan fingerprint density at radius 3 is 2.79 bits per heavy atom. The van der Waals surface area contributed by atoms with Gasteiger partial charge >= 0.3 is 0 Å². The first-order valence-corrected chi connectivity index (χ1v) is 7.99. The number of thiophene rings is 1. The standard InChI is InChI=1S/C12H15N3O2S2/c1-9-5-6-14-8-11(9)15-19(16,17)12-4-3-10(18-12)7-13-2/h3-6,8,13,15H,7H2,1-2H3. The van der Waals surface area contributed by atoms with Crippen molar-refractivity contribution in [3.63, 3.8) is 0 Å². The molecular formula is C12H15N3O2S2. The first kappa shape index (κ1) is 14.0. The Hall–Kier alpha value is -1.44. The largest absolute Gasteiger partial charge is 0.315 e. The summed E-state index contributed by atoms with van der Waals surface area (Å²) in [5.74, 6) is 0. The maximum absolute atomic E-state index is 12.2. The van der Waals surface area contributed by atoms with Crippen LogP contribution in [0.2, 0.25) is 0 Å². The SMILES string of the molecule is CNCc1ccc(S(=O)(=O)Nc2cnccc2C)s1. The van der Waals surface area contributed by atoms with Crippen LogP contribution in [0.4, 0.5) is 5.69 Å². The van der Waals surface area contributed by atoms with E-state index in [0.29, 0.717) is 16.4 Å². The number of hydrogen-bond donors (Lipinski definition) is 2. The lowest BCUT2D eigenvalue weighted by molar-refractivity contribution is 0.603. The summed E-state index contributed by atoms with van der Waals surface area (Å²) in [6, 6.07) is 5.19. The second kappa shape index (κ2) is 5.68. The highest BCUT2D eigenvalue weighted by atomic mass is 32.2. The topological polar surface area (TPSA) is 71.1 Å². The van der Waals surface area contributed by atoms with Crippen LogP contribution in [-0.2, 0) is 16.6 Å². The van der Waals surface area contributed by atoms with E-state index in [4.69, 9.17) is 0 Å². The van der Waals surface area contributed by atoms with Crippen LogP contribution in [0.5, 0.6) is 0 Å². The maximum atomic E-state index is 12.2. The Bertz CT molecular complexity index is 665. The molecule has 102 valence electrons. The molecule has 0 bridgehead atoms. The van der Waals surface area contributed by atoms with Crippen LogP contribution in [0.1, 0.15) is 10.4 Å². The second-order valence-electron chi connectivity index (χ2n) is 4.05. The van der Waals surface area contributed by atoms with E-state index in [1.807, 2.05) is 20.0 Å². The van der Waals surface area contributed by atoms with Gasteiger partial charge in [0.1, 0.15) is 4.21 Å². The van der Waals surface area contributed by atoms with Crippen LogP contribution in [0.3, 0.4) is 0 Å². The van der Waals surface area contributed by atoms with Crippen LogP contribution >= 0.6 is 11.3 Å². The van der Waals surface area contributed by atoms with E-state index in [1.54, 1.807) is 18.3 Å². The molecule has 7 heteroatoms. The van der Waals surface area contributed by atoms with Gasteiger partial charge < -0.3 is 5.32 Å². The van der Waals surface area contributed by atoms with Crippen LogP contribution in [0.15, 0.2) is 34.8 Å². The summed E-state index contributed by atoms with van der Waals surface area (Å²) in [6.45, 7) is 2.49. The van der Waals surface area contributed by atoms with Crippen molar-refractivity contribution in [1.82, 2.24) is 10.3 Å². The van der Waals surface area contributed by atoms with Gasteiger partial charge in [0.05, 0.1) is 11.9 Å². The number of nitrogens with one attached hydrogen (secondary N) is 2. The molecule has 2 aromatic rings. The lowest BCUT2D eigenvalue weighted by Crippen LogP contribution is -2.12. The van der Waals surface area contributed by atoms with E-state index >= 15 is 0 Å². The van der Waals surface area contributed by atoms with Crippen molar-refractivity contribution in [2.24, 2.45) is 0 Å². The normalized spacial score (nSPS) is 11.5. The first-order valence-electron chi connectivity index (χ1n) is 5.69. The molecule has 2 N–H and O–H groups in total. The van der Waals surface area contributed by atoms with E-state index in [1.165, 1.54) is 17.5 Å². The van der Waals surface area contributed by atoms with Crippen molar-refractivity contribution < 1.29 is 8.42 Å². The molecule has 19 heavy (non-hydrogen) atoms. The van der Waals surface area contributed by atoms with E-state index in [0.717, 1.165) is 10.4 Å². The number of sulfonamides is 1. The molecule has 0 aliphatic carbocycles. The van der Waals surface area contributed by atoms with E-state index in [9.17, 15) is 8.42 Å². The molecule has 2 heterocycles. The average molecular weight is 297 g/mol. The van der Waals surface area contributed by atoms with Gasteiger partial charge in [0.15, 0.2) is 0 Å². The summed E-state index contributed by atoms with van der Waals surface area (Å²) in [6.07, 6.45) is 3.14. The van der Waals surface area contributed by atoms with Crippen molar-refractivity contribution in [3.8, 4) is 0 Å². The highest BCUT2D eigenvalue weighted by Gasteiger charge is 2.17. The monoisotopic (exact) mass is 297 g/mol. The molecule has 2 rings (SSSR count). The van der Waals surface area contributed by atoms with Gasteiger partial charge in [-0.25, -0.2) is 8.42 Å². The van der Waals surface area contributed by atoms with Gasteiger partial charge in [0.2, 0.25) is 0 Å². The second-order valence-corrected chi connectivity index (χ2v) is 7.12. The number of rotatable bonds is 5. The summed E-state index contributed by atoms with van der Waals surface area (Å²) in [5, 5.41) is 2.99. The minimum Gasteiger partial charge on any atom is -0.315 e. The zero-order chi connectivity index (χ0) is 13.9. The van der Waals surface area contributed by atoms with Gasteiger partial charge in [0, 0.05) is 17.6 Å². The van der Waals surface area contributed by atoms with Crippen molar-refractivity contribution in [2.75, 3.05) is 11.8 Å². The predicted molar refractivity (Wildman–Crippen MR) is 76.9 cm³/mol. The highest BCUT2D eigenvalue weighted by molar-refractivity contribution is 7.94. The molecule has 2 aromatic heterocycles. The minimum absolute atomic E-state index is 0.306. The smallest absolute Gasteiger partial charge is 0.271 e. The fourth-order valence-electron chi connectivity index (χ4n) is 1.54. The summed E-state index contributed by atoms with van der Waals surface area (Å²) in [4.78, 5) is 4.90. The van der Waals surface area contributed by atoms with Gasteiger partial charge in [-0.3, -0.25) is 9.71 Å². The van der Waals surface area contributed by atoms with Crippen molar-refractivity contribution in [2.45, 2.75) is 17.7 Å². The Morgan fingerprint density at radius 2 is 2.11 bits per heavy atom. The summed E-state index contributed by atoms with van der Waals surface area (Å²) in [5.41, 5.74) is 1.34. The lowest BCUT2D eigenvalue weighted by Gasteiger charge is -2.08. The van der Waals surface area contributed by atoms with Gasteiger partial charge in [0.25, 0.3) is 10.0 Å². The van der Waals surface area contributed by atoms with Crippen LogP contribution < -0.4 is 10.0 Å². The minimum atomic E-state index is -3.53. The molecule has 0 radical (unpaired) electrons. The molecule has 0 amide bonds. The zero-order valence-electron chi connectivity index (χ0n) is 10.7. The Morgan fingerprint density at radius 1 is 1.32 bits per heavy atom. The van der Waals surface area contributed by atoms with E-state index in [2.05, 4.69) is 15.0 Å². The molecule has 0 fully saturated rings. The van der Waals surface area contributed by atoms with Crippen LogP contribution in [0, 0.1) is 6.92 Å². The third kappa shape index (κ3) is 3.31. The number of nitrogens with zero attached hydrogens (tertiary/aromatic N) is 1. The maximum Gasteiger partial charge on any atom is 0.271 e. The van der Waals surface area contributed by atoms with Crippen molar-refractivity contribution in [3.05, 3.63) is 41.0 Å². The average Bonchev–Trinajstić information content (AvgIpc) is 2.82. The Kier molecular flexibility index (Phi) is 4.18. The van der Waals surface area contributed by atoms with Gasteiger partial charge in [-0.2, -0.15) is 0 Å². The van der Waals surface area contributed by atoms with Crippen LogP contribution in [-0.4, -0.2) is 20.4 Å². The van der Waals surface area contributed by atoms with E-state index in [-0.39, 0.29) is 0 Å². The molecule has 5 nitrogen and oxygen atoms in total. The molecule has 0 saturated carbocycles. The summed E-state index contributed by atoms with van der Waals surface area (Å²) < 4.78 is 27.3. The zero-order valence-corrected chi connectivity index (χ0v) is 12.3. The Labute approximate surface area is 116 Å². The van der Waals surface area contributed by atoms with E-state index < -0.39 is 10.0 Å². The molecule has 0 atom stereocenters. The van der Waals surface area contributed by atoms with Crippen LogP contribution in [0.25, 0.3) is 0 Å². The summed E-state index contributed by atoms with van der Waals surface area (Å²) >= 11 is 1.26. The van der Waals surface area contributed by atoms with Crippen molar-refractivity contribution >= 4 is 27.0 Å². The third-order valence-electron chi connectivity index (χ3n) is 2.54. The van der Waals surface area contributed by atoms with Gasteiger partial charge in [-0.15, -0.1) is 11.3 Å². The number of anilines is 1. The first-order chi connectivity index (χ1) is 9.03. The number of pyridine rings is 1. The fraction of sp³-hybridized carbons (Fsp3) is 0.250. The molecule has 0 spiro atoms. The Balaban J connectivity index is 2.25. The lowest BCUT2D eigenvalue weighted by atomic mass is 10.3. The predicted octanol–water partition coefficient (Wildman–Crippen LogP) is 1.97. The number of aromatic nitrogens is 1. The quantitative estimate of drug-likeness (QED) is 0.885. The number of hydrogen-bond acceptors (Lipinski definition) is 5. The molecule has 0 unspecified atom stereocenters. The highest BCUT2D eigenvalue weighted by Crippen LogP contribution is 2.24.